The molecule has 5 nitrogen and oxygen atoms in total. The van der Waals surface area contributed by atoms with Gasteiger partial charge in [0.1, 0.15) is 0 Å². The highest BCUT2D eigenvalue weighted by Gasteiger charge is 2.22. The fourth-order valence-corrected chi connectivity index (χ4v) is 5.12. The average molecular weight is 408 g/mol. The van der Waals surface area contributed by atoms with E-state index in [2.05, 4.69) is 4.90 Å². The van der Waals surface area contributed by atoms with Crippen molar-refractivity contribution in [1.29, 1.82) is 0 Å². The van der Waals surface area contributed by atoms with Crippen molar-refractivity contribution in [3.05, 3.63) is 28.1 Å². The first-order valence-electron chi connectivity index (χ1n) is 8.65. The van der Waals surface area contributed by atoms with Crippen molar-refractivity contribution in [2.45, 2.75) is 26.2 Å². The molecule has 0 aromatic carbocycles. The van der Waals surface area contributed by atoms with Crippen molar-refractivity contribution in [3.63, 3.8) is 0 Å². The van der Waals surface area contributed by atoms with Crippen LogP contribution in [0.3, 0.4) is 0 Å². The first kappa shape index (κ1) is 17.7. The number of carbonyl (C=O) groups excluding carboxylic acids is 1. The van der Waals surface area contributed by atoms with E-state index < -0.39 is 0 Å². The number of hydrogen-bond donors (Lipinski definition) is 0. The molecular weight excluding hydrogens is 390 g/mol. The van der Waals surface area contributed by atoms with Gasteiger partial charge in [0.15, 0.2) is 10.8 Å². The molecule has 0 saturated carbocycles. The van der Waals surface area contributed by atoms with Gasteiger partial charge in [-0.3, -0.25) is 0 Å². The zero-order chi connectivity index (χ0) is 18.1. The minimum absolute atomic E-state index is 0.334. The number of hydrogen-bond acceptors (Lipinski definition) is 7. The number of fused-ring (bicyclic) bond motifs is 1. The van der Waals surface area contributed by atoms with Crippen LogP contribution in [0.25, 0.3) is 20.9 Å². The topological polar surface area (TPSA) is 55.3 Å². The molecule has 1 saturated heterocycles. The van der Waals surface area contributed by atoms with Gasteiger partial charge in [0.2, 0.25) is 0 Å². The second kappa shape index (κ2) is 7.50. The molecule has 0 unspecified atom stereocenters. The van der Waals surface area contributed by atoms with Gasteiger partial charge in [-0.05, 0) is 44.4 Å². The van der Waals surface area contributed by atoms with Crippen LogP contribution in [0.15, 0.2) is 18.2 Å². The second-order valence-electron chi connectivity index (χ2n) is 6.08. The largest absolute Gasteiger partial charge is 0.462 e. The van der Waals surface area contributed by atoms with Crippen LogP contribution in [0.5, 0.6) is 0 Å². The minimum atomic E-state index is -0.336. The molecule has 3 aromatic heterocycles. The van der Waals surface area contributed by atoms with E-state index in [-0.39, 0.29) is 5.97 Å². The van der Waals surface area contributed by atoms with Crippen LogP contribution in [0.1, 0.15) is 36.5 Å². The number of halogens is 1. The molecule has 26 heavy (non-hydrogen) atoms. The molecule has 0 radical (unpaired) electrons. The van der Waals surface area contributed by atoms with Crippen molar-refractivity contribution in [2.24, 2.45) is 0 Å². The monoisotopic (exact) mass is 407 g/mol. The van der Waals surface area contributed by atoms with Crippen molar-refractivity contribution >= 4 is 55.7 Å². The SMILES string of the molecule is CCOC(=O)c1cc(-c2ccc(Cl)s2)nc2nc(N3CCCCC3)sc12. The molecule has 1 aliphatic rings. The number of aromatic nitrogens is 2. The Hall–Kier alpha value is -1.70. The van der Waals surface area contributed by atoms with Crippen molar-refractivity contribution in [1.82, 2.24) is 9.97 Å². The van der Waals surface area contributed by atoms with E-state index in [0.29, 0.717) is 27.8 Å². The molecule has 0 amide bonds. The maximum absolute atomic E-state index is 12.5. The summed E-state index contributed by atoms with van der Waals surface area (Å²) in [5.41, 5.74) is 1.82. The smallest absolute Gasteiger partial charge is 0.339 e. The molecule has 1 aliphatic heterocycles. The highest BCUT2D eigenvalue weighted by atomic mass is 35.5. The molecule has 0 aliphatic carbocycles. The molecule has 3 aromatic rings. The third-order valence-corrected chi connectivity index (χ3v) is 6.69. The van der Waals surface area contributed by atoms with Crippen LogP contribution in [0.2, 0.25) is 4.34 Å². The number of esters is 1. The lowest BCUT2D eigenvalue weighted by atomic mass is 10.1. The number of piperidine rings is 1. The third-order valence-electron chi connectivity index (χ3n) is 4.30. The molecule has 0 atom stereocenters. The number of thiazole rings is 1. The maximum Gasteiger partial charge on any atom is 0.339 e. The number of nitrogens with zero attached hydrogens (tertiary/aromatic N) is 3. The third kappa shape index (κ3) is 3.43. The fraction of sp³-hybridized carbons (Fsp3) is 0.389. The molecule has 136 valence electrons. The highest BCUT2D eigenvalue weighted by Crippen LogP contribution is 2.36. The Bertz CT molecular complexity index is 947. The first-order valence-corrected chi connectivity index (χ1v) is 10.7. The van der Waals surface area contributed by atoms with Crippen LogP contribution < -0.4 is 4.90 Å². The lowest BCUT2D eigenvalue weighted by molar-refractivity contribution is 0.0529. The number of rotatable bonds is 4. The van der Waals surface area contributed by atoms with Gasteiger partial charge in [-0.15, -0.1) is 11.3 Å². The first-order chi connectivity index (χ1) is 12.7. The lowest BCUT2D eigenvalue weighted by Crippen LogP contribution is -2.29. The molecule has 1 fully saturated rings. The Labute approximate surface area is 164 Å². The van der Waals surface area contributed by atoms with Crippen LogP contribution >= 0.6 is 34.3 Å². The molecule has 8 heteroatoms. The Kier molecular flexibility index (Phi) is 5.11. The van der Waals surface area contributed by atoms with Crippen LogP contribution in [-0.4, -0.2) is 35.6 Å². The molecule has 0 N–H and O–H groups in total. The highest BCUT2D eigenvalue weighted by molar-refractivity contribution is 7.22. The minimum Gasteiger partial charge on any atom is -0.462 e. The molecule has 0 spiro atoms. The Morgan fingerprint density at radius 3 is 2.73 bits per heavy atom. The summed E-state index contributed by atoms with van der Waals surface area (Å²) in [5, 5.41) is 0.930. The summed E-state index contributed by atoms with van der Waals surface area (Å²) in [5.74, 6) is -0.336. The van der Waals surface area contributed by atoms with Gasteiger partial charge in [-0.1, -0.05) is 22.9 Å². The maximum atomic E-state index is 12.5. The summed E-state index contributed by atoms with van der Waals surface area (Å²) in [6.45, 7) is 4.15. The zero-order valence-electron chi connectivity index (χ0n) is 14.3. The Morgan fingerprint density at radius 2 is 2.04 bits per heavy atom. The van der Waals surface area contributed by atoms with E-state index in [1.165, 1.54) is 41.9 Å². The molecule has 4 heterocycles. The summed E-state index contributed by atoms with van der Waals surface area (Å²) in [7, 11) is 0. The van der Waals surface area contributed by atoms with Crippen molar-refractivity contribution in [3.8, 4) is 10.6 Å². The number of pyridine rings is 1. The summed E-state index contributed by atoms with van der Waals surface area (Å²) >= 11 is 9.02. The van der Waals surface area contributed by atoms with Crippen LogP contribution in [-0.2, 0) is 4.74 Å². The lowest BCUT2D eigenvalue weighted by Gasteiger charge is -2.25. The Morgan fingerprint density at radius 1 is 1.23 bits per heavy atom. The normalized spacial score (nSPS) is 14.8. The quantitative estimate of drug-likeness (QED) is 0.553. The van der Waals surface area contributed by atoms with Gasteiger partial charge in [-0.2, -0.15) is 4.98 Å². The number of thiophene rings is 1. The standard InChI is InChI=1S/C18H18ClN3O2S2/c1-2-24-17(23)11-10-12(13-6-7-14(19)25-13)20-16-15(11)26-18(21-16)22-8-4-3-5-9-22/h6-7,10H,2-5,8-9H2,1H3. The van der Waals surface area contributed by atoms with Gasteiger partial charge in [0, 0.05) is 13.1 Å². The van der Waals surface area contributed by atoms with Crippen molar-refractivity contribution < 1.29 is 9.53 Å². The Balaban J connectivity index is 1.83. The molecular formula is C18H18ClN3O2S2. The molecule has 0 bridgehead atoms. The van der Waals surface area contributed by atoms with Gasteiger partial charge >= 0.3 is 5.97 Å². The van der Waals surface area contributed by atoms with Crippen LogP contribution in [0.4, 0.5) is 5.13 Å². The zero-order valence-corrected chi connectivity index (χ0v) is 16.7. The van der Waals surface area contributed by atoms with Crippen LogP contribution in [0, 0.1) is 0 Å². The summed E-state index contributed by atoms with van der Waals surface area (Å²) < 4.78 is 6.74. The second-order valence-corrected chi connectivity index (χ2v) is 8.77. The average Bonchev–Trinajstić information content (AvgIpc) is 3.28. The predicted octanol–water partition coefficient (Wildman–Crippen LogP) is 5.24. The number of ether oxygens (including phenoxy) is 1. The van der Waals surface area contributed by atoms with E-state index in [1.54, 1.807) is 6.07 Å². The summed E-state index contributed by atoms with van der Waals surface area (Å²) in [4.78, 5) is 25.1. The van der Waals surface area contributed by atoms with E-state index in [0.717, 1.165) is 27.8 Å². The summed E-state index contributed by atoms with van der Waals surface area (Å²) in [6, 6.07) is 5.53. The van der Waals surface area contributed by atoms with Gasteiger partial charge in [0.05, 0.1) is 31.8 Å². The van der Waals surface area contributed by atoms with Crippen molar-refractivity contribution in [2.75, 3.05) is 24.6 Å². The van der Waals surface area contributed by atoms with Gasteiger partial charge < -0.3 is 9.64 Å². The van der Waals surface area contributed by atoms with E-state index >= 15 is 0 Å². The molecule has 4 rings (SSSR count). The number of anilines is 1. The predicted molar refractivity (Wildman–Crippen MR) is 108 cm³/mol. The van der Waals surface area contributed by atoms with E-state index in [4.69, 9.17) is 26.3 Å². The van der Waals surface area contributed by atoms with Gasteiger partial charge in [-0.25, -0.2) is 9.78 Å². The van der Waals surface area contributed by atoms with Gasteiger partial charge in [0.25, 0.3) is 0 Å². The number of carbonyl (C=O) groups is 1. The van der Waals surface area contributed by atoms with E-state index in [1.807, 2.05) is 19.1 Å². The summed E-state index contributed by atoms with van der Waals surface area (Å²) in [6.07, 6.45) is 3.61. The fourth-order valence-electron chi connectivity index (χ4n) is 3.06. The van der Waals surface area contributed by atoms with E-state index in [9.17, 15) is 4.79 Å².